The maximum absolute atomic E-state index is 4.50. The summed E-state index contributed by atoms with van der Waals surface area (Å²) in [4.78, 5) is 4.50. The van der Waals surface area contributed by atoms with Gasteiger partial charge < -0.3 is 0 Å². The predicted octanol–water partition coefficient (Wildman–Crippen LogP) is 4.55. The van der Waals surface area contributed by atoms with Crippen molar-refractivity contribution in [3.8, 4) is 0 Å². The van der Waals surface area contributed by atoms with Crippen LogP contribution in [0.5, 0.6) is 0 Å². The molecule has 0 aliphatic carbocycles. The van der Waals surface area contributed by atoms with Gasteiger partial charge >= 0.3 is 0 Å². The maximum Gasteiger partial charge on any atom is 0.209 e. The lowest BCUT2D eigenvalue weighted by atomic mass is 10.2. The zero-order chi connectivity index (χ0) is 13.2. The van der Waals surface area contributed by atoms with Crippen LogP contribution in [0.25, 0.3) is 5.65 Å². The summed E-state index contributed by atoms with van der Waals surface area (Å²) in [7, 11) is 0. The normalized spacial score (nSPS) is 11.1. The second-order valence-electron chi connectivity index (χ2n) is 3.93. The fourth-order valence-corrected chi connectivity index (χ4v) is 3.70. The summed E-state index contributed by atoms with van der Waals surface area (Å²) in [6, 6.07) is 14.2. The largest absolute Gasteiger partial charge is 0.209 e. The Morgan fingerprint density at radius 1 is 1.11 bits per heavy atom. The molecule has 3 aromatic rings. The Kier molecular flexibility index (Phi) is 3.91. The summed E-state index contributed by atoms with van der Waals surface area (Å²) in [6.07, 6.45) is 0. The van der Waals surface area contributed by atoms with E-state index in [1.54, 1.807) is 16.3 Å². The zero-order valence-corrected chi connectivity index (χ0v) is 13.7. The van der Waals surface area contributed by atoms with E-state index < -0.39 is 0 Å². The van der Waals surface area contributed by atoms with Crippen molar-refractivity contribution in [3.63, 3.8) is 0 Å². The van der Waals surface area contributed by atoms with Gasteiger partial charge in [-0.05, 0) is 33.6 Å². The lowest BCUT2D eigenvalue weighted by Crippen LogP contribution is -1.89. The van der Waals surface area contributed by atoms with Gasteiger partial charge in [0.15, 0.2) is 5.65 Å². The molecule has 1 aromatic carbocycles. The van der Waals surface area contributed by atoms with E-state index in [2.05, 4.69) is 54.1 Å². The van der Waals surface area contributed by atoms with E-state index in [-0.39, 0.29) is 0 Å². The van der Waals surface area contributed by atoms with Crippen LogP contribution in [0.4, 0.5) is 0 Å². The molecule has 6 heteroatoms. The van der Waals surface area contributed by atoms with Crippen molar-refractivity contribution in [1.82, 2.24) is 14.6 Å². The van der Waals surface area contributed by atoms with E-state index in [4.69, 9.17) is 0 Å². The first-order valence-electron chi connectivity index (χ1n) is 5.61. The third kappa shape index (κ3) is 3.01. The number of pyridine rings is 1. The number of halogens is 2. The van der Waals surface area contributed by atoms with Gasteiger partial charge in [0.05, 0.1) is 0 Å². The van der Waals surface area contributed by atoms with Crippen molar-refractivity contribution < 1.29 is 0 Å². The zero-order valence-electron chi connectivity index (χ0n) is 9.75. The van der Waals surface area contributed by atoms with E-state index in [1.807, 2.05) is 30.3 Å². The summed E-state index contributed by atoms with van der Waals surface area (Å²) >= 11 is 8.56. The molecule has 0 saturated carbocycles. The Labute approximate surface area is 131 Å². The molecule has 19 heavy (non-hydrogen) atoms. The Bertz CT molecular complexity index is 712. The number of nitrogens with zero attached hydrogens (tertiary/aromatic N) is 3. The molecule has 0 spiro atoms. The molecule has 0 atom stereocenters. The fourth-order valence-electron chi connectivity index (χ4n) is 1.68. The molecule has 3 nitrogen and oxygen atoms in total. The molecule has 0 radical (unpaired) electrons. The number of benzene rings is 1. The monoisotopic (exact) mass is 397 g/mol. The molecule has 0 amide bonds. The van der Waals surface area contributed by atoms with Gasteiger partial charge in [-0.3, -0.25) is 0 Å². The van der Waals surface area contributed by atoms with Gasteiger partial charge in [-0.25, -0.2) is 9.50 Å². The van der Waals surface area contributed by atoms with Crippen molar-refractivity contribution in [2.24, 2.45) is 0 Å². The maximum atomic E-state index is 4.50. The molecule has 0 aliphatic rings. The van der Waals surface area contributed by atoms with Crippen LogP contribution in [-0.2, 0) is 5.75 Å². The van der Waals surface area contributed by atoms with Gasteiger partial charge in [-0.2, -0.15) is 0 Å². The highest BCUT2D eigenvalue weighted by molar-refractivity contribution is 9.11. The van der Waals surface area contributed by atoms with Crippen molar-refractivity contribution in [2.75, 3.05) is 0 Å². The van der Waals surface area contributed by atoms with Crippen LogP contribution in [0.15, 0.2) is 56.7 Å². The molecule has 0 bridgehead atoms. The summed E-state index contributed by atoms with van der Waals surface area (Å²) < 4.78 is 3.66. The van der Waals surface area contributed by atoms with Crippen LogP contribution in [0.3, 0.4) is 0 Å². The highest BCUT2D eigenvalue weighted by atomic mass is 79.9. The van der Waals surface area contributed by atoms with Crippen LogP contribution in [0.1, 0.15) is 5.56 Å². The lowest BCUT2D eigenvalue weighted by molar-refractivity contribution is 0.869. The molecule has 3 rings (SSSR count). The molecular formula is C13H9Br2N3S. The van der Waals surface area contributed by atoms with Crippen LogP contribution in [0.2, 0.25) is 0 Å². The number of hydrogen-bond donors (Lipinski definition) is 0. The number of aromatic nitrogens is 3. The highest BCUT2D eigenvalue weighted by Gasteiger charge is 2.08. The Balaban J connectivity index is 1.84. The average molecular weight is 399 g/mol. The van der Waals surface area contributed by atoms with Gasteiger partial charge in [0, 0.05) is 10.2 Å². The SMILES string of the molecule is Brc1cc(Br)n2nc(SCc3ccccc3)nc2c1. The highest BCUT2D eigenvalue weighted by Crippen LogP contribution is 2.24. The smallest absolute Gasteiger partial charge is 0.206 e. The molecule has 96 valence electrons. The second kappa shape index (κ2) is 5.64. The minimum Gasteiger partial charge on any atom is -0.206 e. The standard InChI is InChI=1S/C13H9Br2N3S/c14-10-6-11(15)18-12(7-10)16-13(17-18)19-8-9-4-2-1-3-5-9/h1-7H,8H2. The molecular weight excluding hydrogens is 390 g/mol. The van der Waals surface area contributed by atoms with E-state index in [1.165, 1.54) is 5.56 Å². The minimum atomic E-state index is 0.780. The van der Waals surface area contributed by atoms with Gasteiger partial charge in [0.25, 0.3) is 0 Å². The van der Waals surface area contributed by atoms with Gasteiger partial charge in [-0.15, -0.1) is 5.10 Å². The third-order valence-corrected chi connectivity index (χ3v) is 4.48. The van der Waals surface area contributed by atoms with E-state index in [0.717, 1.165) is 25.6 Å². The quantitative estimate of drug-likeness (QED) is 0.479. The Morgan fingerprint density at radius 3 is 2.68 bits per heavy atom. The van der Waals surface area contributed by atoms with Crippen molar-refractivity contribution in [1.29, 1.82) is 0 Å². The molecule has 0 saturated heterocycles. The van der Waals surface area contributed by atoms with Gasteiger partial charge in [0.1, 0.15) is 4.60 Å². The van der Waals surface area contributed by atoms with Crippen LogP contribution >= 0.6 is 43.6 Å². The number of rotatable bonds is 3. The van der Waals surface area contributed by atoms with Crippen LogP contribution < -0.4 is 0 Å². The van der Waals surface area contributed by atoms with Crippen molar-refractivity contribution in [2.45, 2.75) is 10.9 Å². The molecule has 0 aliphatic heterocycles. The third-order valence-electron chi connectivity index (χ3n) is 2.55. The lowest BCUT2D eigenvalue weighted by Gasteiger charge is -1.96. The first kappa shape index (κ1) is 13.1. The Morgan fingerprint density at radius 2 is 1.89 bits per heavy atom. The van der Waals surface area contributed by atoms with E-state index in [0.29, 0.717) is 0 Å². The molecule has 0 unspecified atom stereocenters. The Hall–Kier alpha value is -0.850. The summed E-state index contributed by atoms with van der Waals surface area (Å²) in [5.74, 6) is 0.872. The molecule has 0 N–H and O–H groups in total. The number of fused-ring (bicyclic) bond motifs is 1. The first-order chi connectivity index (χ1) is 9.22. The van der Waals surface area contributed by atoms with Crippen molar-refractivity contribution >= 4 is 49.3 Å². The van der Waals surface area contributed by atoms with Gasteiger partial charge in [0.2, 0.25) is 5.16 Å². The molecule has 0 fully saturated rings. The first-order valence-corrected chi connectivity index (χ1v) is 8.18. The average Bonchev–Trinajstić information content (AvgIpc) is 2.81. The predicted molar refractivity (Wildman–Crippen MR) is 84.4 cm³/mol. The number of hydrogen-bond acceptors (Lipinski definition) is 3. The molecule has 2 aromatic heterocycles. The molecule has 2 heterocycles. The van der Waals surface area contributed by atoms with Gasteiger partial charge in [-0.1, -0.05) is 58.0 Å². The van der Waals surface area contributed by atoms with Crippen LogP contribution in [-0.4, -0.2) is 14.6 Å². The van der Waals surface area contributed by atoms with Crippen molar-refractivity contribution in [3.05, 3.63) is 57.1 Å². The summed E-state index contributed by atoms with van der Waals surface area (Å²) in [6.45, 7) is 0. The minimum absolute atomic E-state index is 0.780. The summed E-state index contributed by atoms with van der Waals surface area (Å²) in [5, 5.41) is 5.25. The van der Waals surface area contributed by atoms with E-state index in [9.17, 15) is 0 Å². The van der Waals surface area contributed by atoms with E-state index >= 15 is 0 Å². The fraction of sp³-hybridized carbons (Fsp3) is 0.0769. The topological polar surface area (TPSA) is 30.2 Å². The number of thioether (sulfide) groups is 1. The summed E-state index contributed by atoms with van der Waals surface area (Å²) in [5.41, 5.74) is 2.10. The second-order valence-corrected chi connectivity index (χ2v) is 6.61. The van der Waals surface area contributed by atoms with Crippen LogP contribution in [0, 0.1) is 0 Å².